The Morgan fingerprint density at radius 1 is 1.56 bits per heavy atom. The van der Waals surface area contributed by atoms with Crippen molar-refractivity contribution in [1.29, 1.82) is 0 Å². The van der Waals surface area contributed by atoms with Gasteiger partial charge in [-0.3, -0.25) is 10.1 Å². The summed E-state index contributed by atoms with van der Waals surface area (Å²) in [6.07, 6.45) is -0.598. The van der Waals surface area contributed by atoms with Gasteiger partial charge in [0.05, 0.1) is 21.6 Å². The van der Waals surface area contributed by atoms with Crippen LogP contribution in [0.4, 0.5) is 10.5 Å². The molecule has 1 saturated heterocycles. The Hall–Kier alpha value is -1.82. The maximum Gasteiger partial charge on any atom is 0.407 e. The van der Waals surface area contributed by atoms with Gasteiger partial charge >= 0.3 is 6.09 Å². The fourth-order valence-corrected chi connectivity index (χ4v) is 1.87. The fourth-order valence-electron chi connectivity index (χ4n) is 1.57. The third-order valence-electron chi connectivity index (χ3n) is 2.25. The van der Waals surface area contributed by atoms with Crippen molar-refractivity contribution in [3.05, 3.63) is 38.9 Å². The Kier molecular flexibility index (Phi) is 2.66. The van der Waals surface area contributed by atoms with E-state index in [9.17, 15) is 14.9 Å². The number of benzene rings is 1. The van der Waals surface area contributed by atoms with E-state index in [0.29, 0.717) is 0 Å². The van der Waals surface area contributed by atoms with Crippen molar-refractivity contribution in [2.45, 2.75) is 6.04 Å². The summed E-state index contributed by atoms with van der Waals surface area (Å²) in [5.74, 6) is 0. The Balaban J connectivity index is 2.46. The van der Waals surface area contributed by atoms with Crippen molar-refractivity contribution in [2.24, 2.45) is 0 Å². The number of nitro groups is 1. The molecule has 7 heteroatoms. The number of alkyl carbamates (subject to hydrolysis) is 1. The van der Waals surface area contributed by atoms with Crippen molar-refractivity contribution in [3.63, 3.8) is 0 Å². The van der Waals surface area contributed by atoms with Gasteiger partial charge in [-0.25, -0.2) is 4.79 Å². The van der Waals surface area contributed by atoms with E-state index in [2.05, 4.69) is 10.1 Å². The number of hydrogen-bond donors (Lipinski definition) is 1. The maximum atomic E-state index is 10.9. The monoisotopic (exact) mass is 242 g/mol. The van der Waals surface area contributed by atoms with Crippen molar-refractivity contribution < 1.29 is 14.5 Å². The largest absolute Gasteiger partial charge is 0.447 e. The molecule has 1 aromatic rings. The molecular weight excluding hydrogens is 236 g/mol. The van der Waals surface area contributed by atoms with Crippen LogP contribution in [0.1, 0.15) is 11.6 Å². The highest BCUT2D eigenvalue weighted by molar-refractivity contribution is 6.31. The number of ether oxygens (including phenoxy) is 1. The van der Waals surface area contributed by atoms with Crippen LogP contribution in [0.5, 0.6) is 0 Å². The molecule has 1 amide bonds. The van der Waals surface area contributed by atoms with Crippen LogP contribution in [-0.4, -0.2) is 17.6 Å². The molecule has 0 radical (unpaired) electrons. The van der Waals surface area contributed by atoms with E-state index in [1.807, 2.05) is 0 Å². The molecule has 1 atom stereocenters. The molecule has 6 nitrogen and oxygen atoms in total. The lowest BCUT2D eigenvalue weighted by molar-refractivity contribution is -0.385. The summed E-state index contributed by atoms with van der Waals surface area (Å²) in [6.45, 7) is 0.0450. The first-order chi connectivity index (χ1) is 7.59. The van der Waals surface area contributed by atoms with Crippen molar-refractivity contribution >= 4 is 23.4 Å². The Bertz CT molecular complexity index is 463. The number of cyclic esters (lactones) is 1. The Labute approximate surface area is 95.3 Å². The standard InChI is InChI=1S/C9H7ClN2O4/c10-5-2-1-3-7(12(14)15)8(5)6-4-16-9(13)11-6/h1-3,6H,4H2,(H,11,13). The molecule has 0 spiro atoms. The zero-order valence-electron chi connectivity index (χ0n) is 7.97. The van der Waals surface area contributed by atoms with E-state index < -0.39 is 17.1 Å². The van der Waals surface area contributed by atoms with Gasteiger partial charge < -0.3 is 10.1 Å². The van der Waals surface area contributed by atoms with Crippen LogP contribution >= 0.6 is 11.6 Å². The molecule has 2 rings (SSSR count). The second-order valence-electron chi connectivity index (χ2n) is 3.23. The van der Waals surface area contributed by atoms with Crippen molar-refractivity contribution in [1.82, 2.24) is 5.32 Å². The molecule has 1 heterocycles. The summed E-state index contributed by atoms with van der Waals surface area (Å²) < 4.78 is 4.68. The van der Waals surface area contributed by atoms with E-state index in [4.69, 9.17) is 11.6 Å². The molecule has 1 aliphatic rings. The highest BCUT2D eigenvalue weighted by Gasteiger charge is 2.31. The number of carbonyl (C=O) groups is 1. The minimum atomic E-state index is -0.598. The van der Waals surface area contributed by atoms with Crippen LogP contribution in [0.2, 0.25) is 5.02 Å². The molecule has 1 N–H and O–H groups in total. The zero-order chi connectivity index (χ0) is 11.7. The average molecular weight is 243 g/mol. The minimum Gasteiger partial charge on any atom is -0.447 e. The first-order valence-electron chi connectivity index (χ1n) is 4.45. The van der Waals surface area contributed by atoms with Crippen LogP contribution in [0.25, 0.3) is 0 Å². The minimum absolute atomic E-state index is 0.0450. The van der Waals surface area contributed by atoms with Crippen molar-refractivity contribution in [3.8, 4) is 0 Å². The zero-order valence-corrected chi connectivity index (χ0v) is 8.73. The van der Waals surface area contributed by atoms with E-state index in [-0.39, 0.29) is 22.9 Å². The van der Waals surface area contributed by atoms with Crippen molar-refractivity contribution in [2.75, 3.05) is 6.61 Å². The summed E-state index contributed by atoms with van der Waals surface area (Å²) in [5, 5.41) is 13.5. The number of nitro benzene ring substituents is 1. The van der Waals surface area contributed by atoms with E-state index in [1.54, 1.807) is 0 Å². The number of hydrogen-bond acceptors (Lipinski definition) is 4. The first kappa shape index (κ1) is 10.7. The lowest BCUT2D eigenvalue weighted by Gasteiger charge is -2.09. The highest BCUT2D eigenvalue weighted by atomic mass is 35.5. The molecule has 0 saturated carbocycles. The molecule has 1 aromatic carbocycles. The van der Waals surface area contributed by atoms with Gasteiger partial charge in [-0.2, -0.15) is 0 Å². The summed E-state index contributed by atoms with van der Waals surface area (Å²) in [7, 11) is 0. The molecule has 1 unspecified atom stereocenters. The highest BCUT2D eigenvalue weighted by Crippen LogP contribution is 2.33. The number of amides is 1. The van der Waals surface area contributed by atoms with Gasteiger partial charge in [-0.05, 0) is 6.07 Å². The Morgan fingerprint density at radius 3 is 2.88 bits per heavy atom. The molecular formula is C9H7ClN2O4. The van der Waals surface area contributed by atoms with Crippen LogP contribution in [0, 0.1) is 10.1 Å². The number of halogens is 1. The lowest BCUT2D eigenvalue weighted by atomic mass is 10.1. The molecule has 0 aliphatic carbocycles. The smallest absolute Gasteiger partial charge is 0.407 e. The van der Waals surface area contributed by atoms with Gasteiger partial charge in [-0.1, -0.05) is 17.7 Å². The van der Waals surface area contributed by atoms with Gasteiger partial charge in [0, 0.05) is 6.07 Å². The maximum absolute atomic E-state index is 10.9. The van der Waals surface area contributed by atoms with Gasteiger partial charge in [0.15, 0.2) is 0 Å². The Morgan fingerprint density at radius 2 is 2.31 bits per heavy atom. The predicted molar refractivity (Wildman–Crippen MR) is 55.3 cm³/mol. The van der Waals surface area contributed by atoms with Crippen LogP contribution in [0.15, 0.2) is 18.2 Å². The quantitative estimate of drug-likeness (QED) is 0.635. The third kappa shape index (κ3) is 1.79. The second kappa shape index (κ2) is 3.97. The topological polar surface area (TPSA) is 81.5 Å². The molecule has 84 valence electrons. The average Bonchev–Trinajstić information content (AvgIpc) is 2.64. The van der Waals surface area contributed by atoms with Crippen LogP contribution in [0.3, 0.4) is 0 Å². The SMILES string of the molecule is O=C1NC(c2c(Cl)cccc2[N+](=O)[O-])CO1. The summed E-state index contributed by atoms with van der Waals surface area (Å²) in [6, 6.07) is 3.79. The fraction of sp³-hybridized carbons (Fsp3) is 0.222. The van der Waals surface area contributed by atoms with E-state index in [1.165, 1.54) is 18.2 Å². The number of rotatable bonds is 2. The van der Waals surface area contributed by atoms with E-state index in [0.717, 1.165) is 0 Å². The number of carbonyl (C=O) groups excluding carboxylic acids is 1. The summed E-state index contributed by atoms with van der Waals surface area (Å²) in [5.41, 5.74) is 0.156. The van der Waals surface area contributed by atoms with Gasteiger partial charge in [0.1, 0.15) is 6.61 Å². The molecule has 0 bridgehead atoms. The van der Waals surface area contributed by atoms with Gasteiger partial charge in [0.25, 0.3) is 5.69 Å². The molecule has 1 fully saturated rings. The summed E-state index contributed by atoms with van der Waals surface area (Å²) in [4.78, 5) is 21.1. The predicted octanol–water partition coefficient (Wildman–Crippen LogP) is 2.03. The normalized spacial score (nSPS) is 19.1. The third-order valence-corrected chi connectivity index (χ3v) is 2.58. The molecule has 16 heavy (non-hydrogen) atoms. The molecule has 1 aliphatic heterocycles. The summed E-state index contributed by atoms with van der Waals surface area (Å²) >= 11 is 5.89. The first-order valence-corrected chi connectivity index (χ1v) is 4.83. The van der Waals surface area contributed by atoms with Gasteiger partial charge in [-0.15, -0.1) is 0 Å². The van der Waals surface area contributed by atoms with Gasteiger partial charge in [0.2, 0.25) is 0 Å². The van der Waals surface area contributed by atoms with E-state index >= 15 is 0 Å². The lowest BCUT2D eigenvalue weighted by Crippen LogP contribution is -2.19. The number of nitrogens with one attached hydrogen (secondary N) is 1. The second-order valence-corrected chi connectivity index (χ2v) is 3.63. The van der Waals surface area contributed by atoms with Crippen LogP contribution in [-0.2, 0) is 4.74 Å². The van der Waals surface area contributed by atoms with Crippen LogP contribution < -0.4 is 5.32 Å². The number of nitrogens with zero attached hydrogens (tertiary/aromatic N) is 1. The molecule has 0 aromatic heterocycles.